The van der Waals surface area contributed by atoms with Crippen molar-refractivity contribution in [3.05, 3.63) is 60.5 Å². The van der Waals surface area contributed by atoms with E-state index in [4.69, 9.17) is 4.52 Å². The Kier molecular flexibility index (Phi) is 4.44. The number of piperidine rings is 1. The average Bonchev–Trinajstić information content (AvgIpc) is 3.32. The number of fused-ring (bicyclic) bond motifs is 2. The molecular weight excluding hydrogens is 395 g/mol. The quantitative estimate of drug-likeness (QED) is 0.650. The lowest BCUT2D eigenvalue weighted by Crippen LogP contribution is -2.46. The van der Waals surface area contributed by atoms with Gasteiger partial charge in [-0.3, -0.25) is 4.98 Å². The summed E-state index contributed by atoms with van der Waals surface area (Å²) in [5.41, 5.74) is 0.769. The van der Waals surface area contributed by atoms with Crippen LogP contribution in [-0.2, 0) is 10.0 Å². The van der Waals surface area contributed by atoms with Gasteiger partial charge in [-0.05, 0) is 49.9 Å². The van der Waals surface area contributed by atoms with E-state index < -0.39 is 15.8 Å². The van der Waals surface area contributed by atoms with Gasteiger partial charge in [0.05, 0.1) is 0 Å². The zero-order valence-corrected chi connectivity index (χ0v) is 16.3. The highest BCUT2D eigenvalue weighted by Gasteiger charge is 2.49. The first-order chi connectivity index (χ1) is 14.0. The molecule has 9 heteroatoms. The molecule has 2 saturated heterocycles. The van der Waals surface area contributed by atoms with E-state index in [1.165, 1.54) is 22.5 Å². The molecule has 29 heavy (non-hydrogen) atoms. The molecule has 0 aliphatic carbocycles. The zero-order valence-electron chi connectivity index (χ0n) is 15.5. The molecule has 0 spiro atoms. The van der Waals surface area contributed by atoms with Gasteiger partial charge in [0.15, 0.2) is 0 Å². The number of pyridine rings is 1. The van der Waals surface area contributed by atoms with Crippen LogP contribution in [0, 0.1) is 5.82 Å². The highest BCUT2D eigenvalue weighted by atomic mass is 32.2. The van der Waals surface area contributed by atoms with Crippen LogP contribution in [-0.4, -0.2) is 39.9 Å². The Morgan fingerprint density at radius 1 is 1.07 bits per heavy atom. The van der Waals surface area contributed by atoms with Gasteiger partial charge < -0.3 is 4.52 Å². The number of nitrogens with zero attached hydrogens (tertiary/aromatic N) is 4. The highest BCUT2D eigenvalue weighted by Crippen LogP contribution is 2.45. The molecule has 2 aliphatic rings. The van der Waals surface area contributed by atoms with E-state index in [0.717, 1.165) is 18.4 Å². The van der Waals surface area contributed by atoms with Crippen molar-refractivity contribution < 1.29 is 17.3 Å². The fourth-order valence-electron chi connectivity index (χ4n) is 4.51. The van der Waals surface area contributed by atoms with E-state index in [9.17, 15) is 12.8 Å². The van der Waals surface area contributed by atoms with E-state index >= 15 is 0 Å². The van der Waals surface area contributed by atoms with Crippen molar-refractivity contribution in [2.45, 2.75) is 48.6 Å². The number of sulfonamides is 1. The lowest BCUT2D eigenvalue weighted by molar-refractivity contribution is 0.201. The van der Waals surface area contributed by atoms with Crippen molar-refractivity contribution in [3.8, 4) is 11.4 Å². The van der Waals surface area contributed by atoms with Crippen LogP contribution in [0.1, 0.15) is 37.5 Å². The molecule has 2 fully saturated rings. The van der Waals surface area contributed by atoms with Gasteiger partial charge in [-0.25, -0.2) is 12.8 Å². The standard InChI is InChI=1S/C20H19FN4O3S/c21-17-5-1-2-6-18(17)29(26,27)25-15-7-8-16(25)11-14(10-15)20-23-19(24-28-20)13-4-3-9-22-12-13/h1-6,9,12,14-16H,7-8,10-11H2. The number of hydrogen-bond acceptors (Lipinski definition) is 6. The van der Waals surface area contributed by atoms with Crippen molar-refractivity contribution in [1.82, 2.24) is 19.4 Å². The van der Waals surface area contributed by atoms with Crippen LogP contribution < -0.4 is 0 Å². The first-order valence-corrected chi connectivity index (χ1v) is 11.0. The van der Waals surface area contributed by atoms with Gasteiger partial charge in [-0.2, -0.15) is 9.29 Å². The van der Waals surface area contributed by atoms with E-state index in [-0.39, 0.29) is 22.9 Å². The van der Waals surface area contributed by atoms with Crippen LogP contribution in [0.15, 0.2) is 58.2 Å². The Hall–Kier alpha value is -2.65. The molecule has 0 amide bonds. The lowest BCUT2D eigenvalue weighted by Gasteiger charge is -2.36. The minimum Gasteiger partial charge on any atom is -0.339 e. The second-order valence-corrected chi connectivity index (χ2v) is 9.33. The summed E-state index contributed by atoms with van der Waals surface area (Å²) in [6, 6.07) is 8.81. The van der Waals surface area contributed by atoms with Crippen LogP contribution in [0.5, 0.6) is 0 Å². The van der Waals surface area contributed by atoms with Gasteiger partial charge in [0, 0.05) is 36.0 Å². The molecule has 0 radical (unpaired) electrons. The fraction of sp³-hybridized carbons (Fsp3) is 0.350. The van der Waals surface area contributed by atoms with Gasteiger partial charge in [0.1, 0.15) is 10.7 Å². The zero-order chi connectivity index (χ0) is 20.0. The van der Waals surface area contributed by atoms with Gasteiger partial charge in [0.25, 0.3) is 0 Å². The first kappa shape index (κ1) is 18.4. The van der Waals surface area contributed by atoms with Crippen LogP contribution in [0.4, 0.5) is 4.39 Å². The molecule has 4 heterocycles. The Bertz CT molecular complexity index is 1120. The third-order valence-corrected chi connectivity index (χ3v) is 7.81. The Morgan fingerprint density at radius 2 is 1.83 bits per heavy atom. The molecule has 3 aromatic rings. The van der Waals surface area contributed by atoms with Gasteiger partial charge >= 0.3 is 0 Å². The summed E-state index contributed by atoms with van der Waals surface area (Å²) in [5, 5.41) is 4.05. The summed E-state index contributed by atoms with van der Waals surface area (Å²) < 4.78 is 47.4. The molecular formula is C20H19FN4O3S. The molecule has 2 aliphatic heterocycles. The second kappa shape index (κ2) is 7.00. The summed E-state index contributed by atoms with van der Waals surface area (Å²) in [6.07, 6.45) is 6.00. The van der Waals surface area contributed by atoms with Crippen molar-refractivity contribution >= 4 is 10.0 Å². The minimum atomic E-state index is -3.89. The van der Waals surface area contributed by atoms with E-state index in [0.29, 0.717) is 24.6 Å². The number of hydrogen-bond donors (Lipinski definition) is 0. The minimum absolute atomic E-state index is 0.0162. The van der Waals surface area contributed by atoms with Crippen molar-refractivity contribution in [1.29, 1.82) is 0 Å². The number of halogens is 1. The Morgan fingerprint density at radius 3 is 2.52 bits per heavy atom. The number of rotatable bonds is 4. The van der Waals surface area contributed by atoms with E-state index in [1.54, 1.807) is 24.5 Å². The summed E-state index contributed by atoms with van der Waals surface area (Å²) >= 11 is 0. The summed E-state index contributed by atoms with van der Waals surface area (Å²) in [6.45, 7) is 0. The average molecular weight is 414 g/mol. The third kappa shape index (κ3) is 3.14. The lowest BCUT2D eigenvalue weighted by atomic mass is 9.92. The van der Waals surface area contributed by atoms with Gasteiger partial charge in [-0.1, -0.05) is 17.3 Å². The summed E-state index contributed by atoms with van der Waals surface area (Å²) in [7, 11) is -3.89. The van der Waals surface area contributed by atoms with Crippen LogP contribution in [0.25, 0.3) is 11.4 Å². The van der Waals surface area contributed by atoms with E-state index in [1.807, 2.05) is 6.07 Å². The molecule has 2 unspecified atom stereocenters. The van der Waals surface area contributed by atoms with Crippen molar-refractivity contribution in [2.24, 2.45) is 0 Å². The number of aromatic nitrogens is 3. The molecule has 2 bridgehead atoms. The number of benzene rings is 1. The molecule has 1 aromatic carbocycles. The molecule has 2 atom stereocenters. The highest BCUT2D eigenvalue weighted by molar-refractivity contribution is 7.89. The molecule has 0 saturated carbocycles. The molecule has 150 valence electrons. The molecule has 7 nitrogen and oxygen atoms in total. The summed E-state index contributed by atoms with van der Waals surface area (Å²) in [5.74, 6) is 0.259. The first-order valence-electron chi connectivity index (χ1n) is 9.56. The van der Waals surface area contributed by atoms with Crippen molar-refractivity contribution in [2.75, 3.05) is 0 Å². The topological polar surface area (TPSA) is 89.2 Å². The fourth-order valence-corrected chi connectivity index (χ4v) is 6.47. The smallest absolute Gasteiger partial charge is 0.246 e. The van der Waals surface area contributed by atoms with Crippen LogP contribution in [0.2, 0.25) is 0 Å². The molecule has 2 aromatic heterocycles. The molecule has 0 N–H and O–H groups in total. The normalized spacial score (nSPS) is 24.7. The van der Waals surface area contributed by atoms with Crippen molar-refractivity contribution in [3.63, 3.8) is 0 Å². The van der Waals surface area contributed by atoms with Gasteiger partial charge in [-0.15, -0.1) is 0 Å². The maximum atomic E-state index is 14.2. The summed E-state index contributed by atoms with van der Waals surface area (Å²) in [4.78, 5) is 8.32. The predicted molar refractivity (Wildman–Crippen MR) is 102 cm³/mol. The maximum absolute atomic E-state index is 14.2. The van der Waals surface area contributed by atoms with E-state index in [2.05, 4.69) is 15.1 Å². The predicted octanol–water partition coefficient (Wildman–Crippen LogP) is 3.37. The Balaban J connectivity index is 1.40. The molecule has 5 rings (SSSR count). The van der Waals surface area contributed by atoms with Crippen LogP contribution in [0.3, 0.4) is 0 Å². The van der Waals surface area contributed by atoms with Crippen LogP contribution >= 0.6 is 0 Å². The van der Waals surface area contributed by atoms with Gasteiger partial charge in [0.2, 0.25) is 21.7 Å². The Labute approximate surface area is 167 Å². The third-order valence-electron chi connectivity index (χ3n) is 5.77. The maximum Gasteiger partial charge on any atom is 0.246 e. The monoisotopic (exact) mass is 414 g/mol. The largest absolute Gasteiger partial charge is 0.339 e. The SMILES string of the molecule is O=S(=O)(c1ccccc1F)N1C2CCC1CC(c1nc(-c3cccnc3)no1)C2. The second-order valence-electron chi connectivity index (χ2n) is 7.52.